The van der Waals surface area contributed by atoms with E-state index in [4.69, 9.17) is 13.6 Å². The van der Waals surface area contributed by atoms with Gasteiger partial charge in [0, 0.05) is 18.6 Å². The van der Waals surface area contributed by atoms with Gasteiger partial charge in [0.2, 0.25) is 0 Å². The van der Waals surface area contributed by atoms with Crippen LogP contribution in [0, 0.1) is 35.5 Å². The van der Waals surface area contributed by atoms with Gasteiger partial charge in [-0.1, -0.05) is 53.7 Å². The summed E-state index contributed by atoms with van der Waals surface area (Å²) < 4.78 is 20.1. The molecule has 3 nitrogen and oxygen atoms in total. The van der Waals surface area contributed by atoms with E-state index in [2.05, 4.69) is 79.9 Å². The molecule has 32 heavy (non-hydrogen) atoms. The van der Waals surface area contributed by atoms with Crippen LogP contribution in [-0.4, -0.2) is 35.6 Å². The largest absolute Gasteiger partial charge is 0.414 e. The summed E-state index contributed by atoms with van der Waals surface area (Å²) in [5, 5.41) is 0.506. The monoisotopic (exact) mass is 478 g/mol. The molecule has 0 bridgehead atoms. The number of ether oxygens (including phenoxy) is 1. The molecule has 4 rings (SSSR count). The lowest BCUT2D eigenvalue weighted by Crippen LogP contribution is -2.49. The fourth-order valence-electron chi connectivity index (χ4n) is 6.47. The van der Waals surface area contributed by atoms with Gasteiger partial charge in [-0.3, -0.25) is 0 Å². The zero-order valence-electron chi connectivity index (χ0n) is 22.5. The Labute approximate surface area is 200 Å². The highest BCUT2D eigenvalue weighted by Gasteiger charge is 2.56. The quantitative estimate of drug-likeness (QED) is 0.307. The molecule has 5 heteroatoms. The first-order valence-electron chi connectivity index (χ1n) is 13.3. The number of hydrogen-bond acceptors (Lipinski definition) is 3. The van der Waals surface area contributed by atoms with Gasteiger partial charge >= 0.3 is 0 Å². The van der Waals surface area contributed by atoms with Crippen molar-refractivity contribution in [3.05, 3.63) is 12.2 Å². The third kappa shape index (κ3) is 4.50. The van der Waals surface area contributed by atoms with Crippen LogP contribution in [0.2, 0.25) is 36.3 Å². The lowest BCUT2D eigenvalue weighted by molar-refractivity contribution is -0.163. The zero-order valence-corrected chi connectivity index (χ0v) is 24.5. The molecule has 0 aromatic heterocycles. The van der Waals surface area contributed by atoms with Crippen molar-refractivity contribution in [1.29, 1.82) is 0 Å². The minimum absolute atomic E-state index is 0.00720. The number of rotatable bonds is 4. The molecule has 0 amide bonds. The summed E-state index contributed by atoms with van der Waals surface area (Å²) in [4.78, 5) is 0. The third-order valence-electron chi connectivity index (χ3n) is 10.4. The summed E-state index contributed by atoms with van der Waals surface area (Å²) in [5.74, 6) is 4.32. The van der Waals surface area contributed by atoms with Crippen molar-refractivity contribution in [2.24, 2.45) is 35.5 Å². The van der Waals surface area contributed by atoms with Crippen LogP contribution in [0.15, 0.2) is 12.2 Å². The smallest absolute Gasteiger partial charge is 0.195 e. The molecule has 0 spiro atoms. The van der Waals surface area contributed by atoms with Crippen LogP contribution >= 0.6 is 0 Å². The molecule has 4 aliphatic rings. The van der Waals surface area contributed by atoms with Crippen LogP contribution in [0.5, 0.6) is 0 Å². The lowest BCUT2D eigenvalue weighted by atomic mass is 9.71. The number of fused-ring (bicyclic) bond motifs is 5. The summed E-state index contributed by atoms with van der Waals surface area (Å²) in [6.07, 6.45) is 10.6. The van der Waals surface area contributed by atoms with Gasteiger partial charge in [0.05, 0.1) is 0 Å². The standard InChI is InChI=1S/C27H50O3Si2/c1-26(2,3)31(7,8)29-19-15-18-11-12-20-21-13-14-28-25(30-32(9,10)27(4,5)6)24(21)17-23(20)22(18)16-19/h11-12,18-25H,13-17H2,1-10H3/t18-,19-,20+,21+,22-,23-,24+,25+/m1/s1. The minimum atomic E-state index is -1.84. The number of hydrogen-bond donors (Lipinski definition) is 0. The Balaban J connectivity index is 1.47. The predicted molar refractivity (Wildman–Crippen MR) is 139 cm³/mol. The first kappa shape index (κ1) is 25.2. The topological polar surface area (TPSA) is 27.7 Å². The molecule has 0 unspecified atom stereocenters. The Bertz CT molecular complexity index is 717. The van der Waals surface area contributed by atoms with Crippen molar-refractivity contribution in [1.82, 2.24) is 0 Å². The summed E-state index contributed by atoms with van der Waals surface area (Å²) in [7, 11) is -3.56. The van der Waals surface area contributed by atoms with E-state index in [1.54, 1.807) is 0 Å². The number of allylic oxidation sites excluding steroid dienone is 2. The molecular weight excluding hydrogens is 428 g/mol. The summed E-state index contributed by atoms with van der Waals surface area (Å²) >= 11 is 0. The van der Waals surface area contributed by atoms with Gasteiger partial charge in [0.25, 0.3) is 0 Å². The molecule has 1 aliphatic heterocycles. The van der Waals surface area contributed by atoms with E-state index in [1.165, 1.54) is 25.7 Å². The SMILES string of the molecule is CC(C)(C)[Si](C)(C)O[C@H]1C[C@H]2[C@@H]3C[C@@H]4[C@H](O[Si](C)(C)C(C)(C)C)OCC[C@H]4[C@@H]3C=C[C@@H]2C1. The first-order chi connectivity index (χ1) is 14.6. The van der Waals surface area contributed by atoms with Gasteiger partial charge in [-0.25, -0.2) is 0 Å². The molecule has 1 heterocycles. The Kier molecular flexibility index (Phi) is 6.54. The Hall–Kier alpha value is 0.0538. The van der Waals surface area contributed by atoms with E-state index < -0.39 is 16.6 Å². The average molecular weight is 479 g/mol. The molecule has 3 fully saturated rings. The van der Waals surface area contributed by atoms with E-state index in [-0.39, 0.29) is 16.4 Å². The maximum atomic E-state index is 6.91. The fourth-order valence-corrected chi connectivity index (χ4v) is 9.03. The zero-order chi connectivity index (χ0) is 23.7. The average Bonchev–Trinajstić information content (AvgIpc) is 3.20. The van der Waals surface area contributed by atoms with Crippen LogP contribution in [0.25, 0.3) is 0 Å². The molecule has 0 N–H and O–H groups in total. The van der Waals surface area contributed by atoms with E-state index in [0.29, 0.717) is 17.9 Å². The lowest BCUT2D eigenvalue weighted by Gasteiger charge is -2.44. The van der Waals surface area contributed by atoms with Gasteiger partial charge in [-0.05, 0) is 91.5 Å². The van der Waals surface area contributed by atoms with Crippen molar-refractivity contribution in [3.63, 3.8) is 0 Å². The molecule has 2 saturated carbocycles. The van der Waals surface area contributed by atoms with E-state index >= 15 is 0 Å². The summed E-state index contributed by atoms with van der Waals surface area (Å²) in [5.41, 5.74) is 0. The van der Waals surface area contributed by atoms with Crippen LogP contribution < -0.4 is 0 Å². The van der Waals surface area contributed by atoms with Crippen molar-refractivity contribution < 1.29 is 13.6 Å². The third-order valence-corrected chi connectivity index (χ3v) is 19.4. The van der Waals surface area contributed by atoms with Crippen LogP contribution in [0.4, 0.5) is 0 Å². The minimum Gasteiger partial charge on any atom is -0.414 e. The highest BCUT2D eigenvalue weighted by atomic mass is 28.4. The second-order valence-electron chi connectivity index (χ2n) is 14.4. The maximum Gasteiger partial charge on any atom is 0.195 e. The molecule has 1 saturated heterocycles. The highest BCUT2D eigenvalue weighted by Crippen LogP contribution is 2.58. The van der Waals surface area contributed by atoms with Crippen molar-refractivity contribution in [3.8, 4) is 0 Å². The molecular formula is C27H50O3Si2. The normalized spacial score (nSPS) is 40.2. The van der Waals surface area contributed by atoms with Crippen LogP contribution in [0.3, 0.4) is 0 Å². The van der Waals surface area contributed by atoms with Gasteiger partial charge < -0.3 is 13.6 Å². The van der Waals surface area contributed by atoms with E-state index in [1.807, 2.05) is 0 Å². The Morgan fingerprint density at radius 1 is 0.719 bits per heavy atom. The van der Waals surface area contributed by atoms with Crippen molar-refractivity contribution >= 4 is 16.6 Å². The predicted octanol–water partition coefficient (Wildman–Crippen LogP) is 7.61. The second kappa shape index (κ2) is 8.32. The first-order valence-corrected chi connectivity index (χ1v) is 19.1. The van der Waals surface area contributed by atoms with Crippen molar-refractivity contribution in [2.45, 2.75) is 116 Å². The molecule has 0 radical (unpaired) electrons. The molecule has 184 valence electrons. The van der Waals surface area contributed by atoms with Gasteiger partial charge in [-0.2, -0.15) is 0 Å². The molecule has 3 aliphatic carbocycles. The Morgan fingerprint density at radius 2 is 1.34 bits per heavy atom. The van der Waals surface area contributed by atoms with Gasteiger partial charge in [0.15, 0.2) is 22.9 Å². The van der Waals surface area contributed by atoms with Crippen molar-refractivity contribution in [2.75, 3.05) is 6.61 Å². The highest BCUT2D eigenvalue weighted by molar-refractivity contribution is 6.74. The fraction of sp³-hybridized carbons (Fsp3) is 0.926. The van der Waals surface area contributed by atoms with Gasteiger partial charge in [-0.15, -0.1) is 0 Å². The maximum absolute atomic E-state index is 6.91. The molecule has 0 aromatic rings. The van der Waals surface area contributed by atoms with E-state index in [0.717, 1.165) is 30.3 Å². The summed E-state index contributed by atoms with van der Waals surface area (Å²) in [6.45, 7) is 24.5. The van der Waals surface area contributed by atoms with Crippen LogP contribution in [-0.2, 0) is 13.6 Å². The Morgan fingerprint density at radius 3 is 1.97 bits per heavy atom. The second-order valence-corrected chi connectivity index (χ2v) is 23.9. The van der Waals surface area contributed by atoms with E-state index in [9.17, 15) is 0 Å². The van der Waals surface area contributed by atoms with Crippen LogP contribution in [0.1, 0.15) is 67.2 Å². The molecule has 0 aromatic carbocycles. The molecule has 8 atom stereocenters. The summed E-state index contributed by atoms with van der Waals surface area (Å²) in [6, 6.07) is 0. The van der Waals surface area contributed by atoms with Gasteiger partial charge in [0.1, 0.15) is 0 Å².